The van der Waals surface area contributed by atoms with E-state index in [-0.39, 0.29) is 11.9 Å². The Morgan fingerprint density at radius 3 is 2.47 bits per heavy atom. The molecular formula is C13H16N2O2. The highest BCUT2D eigenvalue weighted by atomic mass is 16.3. The van der Waals surface area contributed by atoms with Crippen LogP contribution in [0.5, 0.6) is 0 Å². The summed E-state index contributed by atoms with van der Waals surface area (Å²) >= 11 is 0. The van der Waals surface area contributed by atoms with Crippen LogP contribution in [0.4, 0.5) is 0 Å². The number of carbonyl (C=O) groups excluding carboxylic acids is 1. The second-order valence-corrected chi connectivity index (χ2v) is 3.75. The van der Waals surface area contributed by atoms with Gasteiger partial charge in [-0.05, 0) is 31.5 Å². The molecule has 1 atom stereocenters. The number of hydrogen-bond donors (Lipinski definition) is 1. The SMILES string of the molecule is CCN(C(=O)CO)C(C)c1ccc(C#N)cc1. The van der Waals surface area contributed by atoms with Crippen molar-refractivity contribution < 1.29 is 9.90 Å². The third-order valence-electron chi connectivity index (χ3n) is 2.79. The van der Waals surface area contributed by atoms with Crippen molar-refractivity contribution in [1.82, 2.24) is 4.90 Å². The maximum Gasteiger partial charge on any atom is 0.248 e. The van der Waals surface area contributed by atoms with E-state index in [4.69, 9.17) is 10.4 Å². The van der Waals surface area contributed by atoms with E-state index < -0.39 is 6.61 Å². The second-order valence-electron chi connectivity index (χ2n) is 3.75. The van der Waals surface area contributed by atoms with E-state index in [1.165, 1.54) is 0 Å². The number of aliphatic hydroxyl groups excluding tert-OH is 1. The Kier molecular flexibility index (Phi) is 4.68. The Balaban J connectivity index is 2.90. The van der Waals surface area contributed by atoms with Crippen molar-refractivity contribution in [3.8, 4) is 6.07 Å². The number of nitrogens with zero attached hydrogens (tertiary/aromatic N) is 2. The summed E-state index contributed by atoms with van der Waals surface area (Å²) in [6, 6.07) is 9.06. The monoisotopic (exact) mass is 232 g/mol. The van der Waals surface area contributed by atoms with Crippen molar-refractivity contribution in [3.05, 3.63) is 35.4 Å². The molecule has 4 heteroatoms. The lowest BCUT2D eigenvalue weighted by molar-refractivity contribution is -0.136. The van der Waals surface area contributed by atoms with Gasteiger partial charge in [0, 0.05) is 6.54 Å². The van der Waals surface area contributed by atoms with Crippen LogP contribution in [0.2, 0.25) is 0 Å². The van der Waals surface area contributed by atoms with Crippen LogP contribution in [-0.4, -0.2) is 29.1 Å². The molecule has 0 aliphatic rings. The van der Waals surface area contributed by atoms with Crippen LogP contribution in [0.15, 0.2) is 24.3 Å². The fourth-order valence-electron chi connectivity index (χ4n) is 1.77. The van der Waals surface area contributed by atoms with Crippen molar-refractivity contribution in [3.63, 3.8) is 0 Å². The minimum atomic E-state index is -0.478. The van der Waals surface area contributed by atoms with Crippen molar-refractivity contribution >= 4 is 5.91 Å². The summed E-state index contributed by atoms with van der Waals surface area (Å²) in [5.74, 6) is -0.288. The third-order valence-corrected chi connectivity index (χ3v) is 2.79. The highest BCUT2D eigenvalue weighted by Gasteiger charge is 2.18. The molecule has 4 nitrogen and oxygen atoms in total. The van der Waals surface area contributed by atoms with Gasteiger partial charge in [-0.1, -0.05) is 12.1 Å². The maximum absolute atomic E-state index is 11.5. The van der Waals surface area contributed by atoms with E-state index >= 15 is 0 Å². The van der Waals surface area contributed by atoms with E-state index in [2.05, 4.69) is 0 Å². The molecule has 0 saturated carbocycles. The number of likely N-dealkylation sites (N-methyl/N-ethyl adjacent to an activating group) is 1. The first-order chi connectivity index (χ1) is 8.13. The van der Waals surface area contributed by atoms with E-state index in [1.54, 1.807) is 17.0 Å². The minimum Gasteiger partial charge on any atom is -0.387 e. The van der Waals surface area contributed by atoms with E-state index in [1.807, 2.05) is 32.0 Å². The van der Waals surface area contributed by atoms with Crippen LogP contribution in [0, 0.1) is 11.3 Å². The molecule has 0 heterocycles. The second kappa shape index (κ2) is 6.02. The lowest BCUT2D eigenvalue weighted by Gasteiger charge is -2.27. The number of rotatable bonds is 4. The molecule has 0 aromatic heterocycles. The molecule has 90 valence electrons. The molecule has 1 rings (SSSR count). The zero-order chi connectivity index (χ0) is 12.8. The van der Waals surface area contributed by atoms with Crippen molar-refractivity contribution in [2.24, 2.45) is 0 Å². The number of amides is 1. The van der Waals surface area contributed by atoms with E-state index in [9.17, 15) is 4.79 Å². The van der Waals surface area contributed by atoms with Gasteiger partial charge in [-0.15, -0.1) is 0 Å². The number of hydrogen-bond acceptors (Lipinski definition) is 3. The van der Waals surface area contributed by atoms with Crippen LogP contribution in [0.3, 0.4) is 0 Å². The molecule has 0 fully saturated rings. The molecule has 0 radical (unpaired) electrons. The fraction of sp³-hybridized carbons (Fsp3) is 0.385. The fourth-order valence-corrected chi connectivity index (χ4v) is 1.77. The summed E-state index contributed by atoms with van der Waals surface area (Å²) in [5.41, 5.74) is 1.55. The van der Waals surface area contributed by atoms with Gasteiger partial charge in [-0.2, -0.15) is 5.26 Å². The molecule has 0 aliphatic carbocycles. The molecule has 0 spiro atoms. The van der Waals surface area contributed by atoms with Gasteiger partial charge in [0.15, 0.2) is 0 Å². The lowest BCUT2D eigenvalue weighted by atomic mass is 10.1. The normalized spacial score (nSPS) is 11.6. The molecular weight excluding hydrogens is 216 g/mol. The van der Waals surface area contributed by atoms with Gasteiger partial charge in [0.1, 0.15) is 6.61 Å². The van der Waals surface area contributed by atoms with Crippen LogP contribution in [-0.2, 0) is 4.79 Å². The highest BCUT2D eigenvalue weighted by Crippen LogP contribution is 2.20. The molecule has 1 aromatic rings. The molecule has 1 aromatic carbocycles. The van der Waals surface area contributed by atoms with Gasteiger partial charge >= 0.3 is 0 Å². The number of nitriles is 1. The Morgan fingerprint density at radius 2 is 2.06 bits per heavy atom. The zero-order valence-electron chi connectivity index (χ0n) is 10.1. The van der Waals surface area contributed by atoms with Crippen molar-refractivity contribution in [1.29, 1.82) is 5.26 Å². The van der Waals surface area contributed by atoms with Crippen LogP contribution < -0.4 is 0 Å². The van der Waals surface area contributed by atoms with Crippen molar-refractivity contribution in [2.75, 3.05) is 13.2 Å². The largest absolute Gasteiger partial charge is 0.387 e. The highest BCUT2D eigenvalue weighted by molar-refractivity contribution is 5.77. The summed E-state index contributed by atoms with van der Waals surface area (Å²) < 4.78 is 0. The Labute approximate surface area is 101 Å². The Morgan fingerprint density at radius 1 is 1.47 bits per heavy atom. The van der Waals surface area contributed by atoms with Gasteiger partial charge in [0.2, 0.25) is 5.91 Å². The molecule has 17 heavy (non-hydrogen) atoms. The van der Waals surface area contributed by atoms with Gasteiger partial charge < -0.3 is 10.0 Å². The molecule has 0 aliphatic heterocycles. The number of benzene rings is 1. The third kappa shape index (κ3) is 3.05. The first kappa shape index (κ1) is 13.2. The van der Waals surface area contributed by atoms with E-state index in [0.717, 1.165) is 5.56 Å². The standard InChI is InChI=1S/C13H16N2O2/c1-3-15(13(17)9-16)10(2)12-6-4-11(8-14)5-7-12/h4-7,10,16H,3,9H2,1-2H3. The van der Waals surface area contributed by atoms with Gasteiger partial charge in [0.05, 0.1) is 17.7 Å². The van der Waals surface area contributed by atoms with Gasteiger partial charge in [-0.25, -0.2) is 0 Å². The maximum atomic E-state index is 11.5. The molecule has 1 unspecified atom stereocenters. The van der Waals surface area contributed by atoms with Gasteiger partial charge in [0.25, 0.3) is 0 Å². The first-order valence-corrected chi connectivity index (χ1v) is 5.54. The molecule has 0 bridgehead atoms. The molecule has 1 N–H and O–H groups in total. The summed E-state index contributed by atoms with van der Waals surface area (Å²) in [7, 11) is 0. The zero-order valence-corrected chi connectivity index (χ0v) is 10.1. The Bertz CT molecular complexity index is 420. The van der Waals surface area contributed by atoms with Crippen LogP contribution >= 0.6 is 0 Å². The summed E-state index contributed by atoms with van der Waals surface area (Å²) in [5, 5.41) is 17.6. The lowest BCUT2D eigenvalue weighted by Crippen LogP contribution is -2.35. The quantitative estimate of drug-likeness (QED) is 0.854. The Hall–Kier alpha value is -1.86. The van der Waals surface area contributed by atoms with Gasteiger partial charge in [-0.3, -0.25) is 4.79 Å². The average Bonchev–Trinajstić information content (AvgIpc) is 2.39. The minimum absolute atomic E-state index is 0.104. The summed E-state index contributed by atoms with van der Waals surface area (Å²) in [6.45, 7) is 3.83. The summed E-state index contributed by atoms with van der Waals surface area (Å²) in [4.78, 5) is 13.1. The molecule has 0 saturated heterocycles. The predicted octanol–water partition coefficient (Wildman–Crippen LogP) is 1.46. The van der Waals surface area contributed by atoms with Crippen LogP contribution in [0.25, 0.3) is 0 Å². The predicted molar refractivity (Wildman–Crippen MR) is 64.0 cm³/mol. The number of carbonyl (C=O) groups is 1. The average molecular weight is 232 g/mol. The first-order valence-electron chi connectivity index (χ1n) is 5.54. The smallest absolute Gasteiger partial charge is 0.248 e. The van der Waals surface area contributed by atoms with Crippen molar-refractivity contribution in [2.45, 2.75) is 19.9 Å². The topological polar surface area (TPSA) is 64.3 Å². The van der Waals surface area contributed by atoms with Crippen LogP contribution in [0.1, 0.15) is 31.0 Å². The summed E-state index contributed by atoms with van der Waals surface area (Å²) in [6.07, 6.45) is 0. The molecule has 1 amide bonds. The van der Waals surface area contributed by atoms with E-state index in [0.29, 0.717) is 12.1 Å². The number of aliphatic hydroxyl groups is 1.